The SMILES string of the molecule is CCCC(=O)Oc1c(Cl)cc(/C=C2\N=C(c3ccccc3Cl)OC2=O)cc1OC. The molecule has 8 heteroatoms. The van der Waals surface area contributed by atoms with Crippen molar-refractivity contribution < 1.29 is 23.8 Å². The minimum Gasteiger partial charge on any atom is -0.493 e. The molecule has 0 saturated heterocycles. The maximum atomic E-state index is 12.2. The largest absolute Gasteiger partial charge is 0.493 e. The van der Waals surface area contributed by atoms with Crippen LogP contribution in [-0.4, -0.2) is 24.9 Å². The highest BCUT2D eigenvalue weighted by Crippen LogP contribution is 2.37. The lowest BCUT2D eigenvalue weighted by Gasteiger charge is -2.11. The van der Waals surface area contributed by atoms with Gasteiger partial charge in [0.05, 0.1) is 22.7 Å². The van der Waals surface area contributed by atoms with Crippen molar-refractivity contribution in [3.63, 3.8) is 0 Å². The average Bonchev–Trinajstić information content (AvgIpc) is 3.04. The third-order valence-electron chi connectivity index (χ3n) is 3.95. The second kappa shape index (κ2) is 9.11. The topological polar surface area (TPSA) is 74.2 Å². The van der Waals surface area contributed by atoms with E-state index in [-0.39, 0.29) is 34.5 Å². The molecule has 0 bridgehead atoms. The van der Waals surface area contributed by atoms with Crippen LogP contribution < -0.4 is 9.47 Å². The van der Waals surface area contributed by atoms with Crippen molar-refractivity contribution in [3.05, 3.63) is 63.3 Å². The van der Waals surface area contributed by atoms with E-state index < -0.39 is 11.9 Å². The zero-order chi connectivity index (χ0) is 21.0. The minimum atomic E-state index is -0.617. The maximum Gasteiger partial charge on any atom is 0.363 e. The molecule has 0 amide bonds. The van der Waals surface area contributed by atoms with Crippen LogP contribution in [0.5, 0.6) is 11.5 Å². The van der Waals surface area contributed by atoms with Gasteiger partial charge in [0.25, 0.3) is 0 Å². The van der Waals surface area contributed by atoms with Crippen molar-refractivity contribution in [2.24, 2.45) is 4.99 Å². The van der Waals surface area contributed by atoms with E-state index >= 15 is 0 Å². The first-order valence-corrected chi connectivity index (χ1v) is 9.54. The van der Waals surface area contributed by atoms with E-state index in [1.165, 1.54) is 13.2 Å². The van der Waals surface area contributed by atoms with Crippen LogP contribution in [0.4, 0.5) is 0 Å². The van der Waals surface area contributed by atoms with E-state index in [0.29, 0.717) is 22.6 Å². The van der Waals surface area contributed by atoms with Crippen LogP contribution in [0, 0.1) is 0 Å². The van der Waals surface area contributed by atoms with Crippen molar-refractivity contribution in [2.75, 3.05) is 7.11 Å². The third kappa shape index (κ3) is 4.78. The Kier molecular flexibility index (Phi) is 6.56. The van der Waals surface area contributed by atoms with Gasteiger partial charge in [-0.25, -0.2) is 9.79 Å². The molecule has 0 radical (unpaired) electrons. The summed E-state index contributed by atoms with van der Waals surface area (Å²) in [4.78, 5) is 28.2. The average molecular weight is 434 g/mol. The number of hydrogen-bond acceptors (Lipinski definition) is 6. The highest BCUT2D eigenvalue weighted by atomic mass is 35.5. The van der Waals surface area contributed by atoms with Crippen LogP contribution in [0.3, 0.4) is 0 Å². The smallest absolute Gasteiger partial charge is 0.363 e. The van der Waals surface area contributed by atoms with Gasteiger partial charge in [-0.2, -0.15) is 0 Å². The number of halogens is 2. The molecule has 6 nitrogen and oxygen atoms in total. The quantitative estimate of drug-likeness (QED) is 0.361. The van der Waals surface area contributed by atoms with E-state index in [9.17, 15) is 9.59 Å². The van der Waals surface area contributed by atoms with E-state index in [1.807, 2.05) is 6.92 Å². The van der Waals surface area contributed by atoms with Crippen LogP contribution in [0.1, 0.15) is 30.9 Å². The molecule has 0 fully saturated rings. The van der Waals surface area contributed by atoms with Gasteiger partial charge in [0.2, 0.25) is 5.90 Å². The van der Waals surface area contributed by atoms with E-state index in [0.717, 1.165) is 0 Å². The Morgan fingerprint density at radius 3 is 2.66 bits per heavy atom. The lowest BCUT2D eigenvalue weighted by atomic mass is 10.1. The molecule has 0 unspecified atom stereocenters. The molecule has 2 aromatic rings. The molecule has 0 spiro atoms. The minimum absolute atomic E-state index is 0.0776. The summed E-state index contributed by atoms with van der Waals surface area (Å²) in [7, 11) is 1.43. The van der Waals surface area contributed by atoms with Gasteiger partial charge in [0.15, 0.2) is 17.2 Å². The Morgan fingerprint density at radius 1 is 1.21 bits per heavy atom. The number of esters is 2. The molecular weight excluding hydrogens is 417 g/mol. The van der Waals surface area contributed by atoms with Crippen molar-refractivity contribution in [2.45, 2.75) is 19.8 Å². The second-order valence-corrected chi connectivity index (χ2v) is 6.89. The monoisotopic (exact) mass is 433 g/mol. The second-order valence-electron chi connectivity index (χ2n) is 6.07. The molecular formula is C21H17Cl2NO5. The number of hydrogen-bond donors (Lipinski definition) is 0. The predicted octanol–water partition coefficient (Wildman–Crippen LogP) is 5.05. The van der Waals surface area contributed by atoms with Crippen molar-refractivity contribution in [1.82, 2.24) is 0 Å². The molecule has 1 heterocycles. The fourth-order valence-electron chi connectivity index (χ4n) is 2.61. The van der Waals surface area contributed by atoms with E-state index in [4.69, 9.17) is 37.4 Å². The highest BCUT2D eigenvalue weighted by molar-refractivity contribution is 6.34. The number of carbonyl (C=O) groups excluding carboxylic acids is 2. The molecule has 0 atom stereocenters. The molecule has 0 saturated carbocycles. The Morgan fingerprint density at radius 2 is 1.97 bits per heavy atom. The van der Waals surface area contributed by atoms with Gasteiger partial charge in [-0.05, 0) is 42.3 Å². The molecule has 3 rings (SSSR count). The van der Waals surface area contributed by atoms with Crippen LogP contribution in [-0.2, 0) is 14.3 Å². The first-order chi connectivity index (χ1) is 13.9. The van der Waals surface area contributed by atoms with Gasteiger partial charge in [-0.1, -0.05) is 42.3 Å². The van der Waals surface area contributed by atoms with Crippen LogP contribution in [0.2, 0.25) is 10.0 Å². The Balaban J connectivity index is 1.94. The highest BCUT2D eigenvalue weighted by Gasteiger charge is 2.26. The first-order valence-electron chi connectivity index (χ1n) is 8.78. The molecule has 0 aliphatic carbocycles. The van der Waals surface area contributed by atoms with Gasteiger partial charge < -0.3 is 14.2 Å². The van der Waals surface area contributed by atoms with Crippen molar-refractivity contribution >= 4 is 47.1 Å². The summed E-state index contributed by atoms with van der Waals surface area (Å²) in [6.07, 6.45) is 2.41. The number of methoxy groups -OCH3 is 1. The Hall–Kier alpha value is -2.83. The lowest BCUT2D eigenvalue weighted by molar-refractivity contribution is -0.134. The fourth-order valence-corrected chi connectivity index (χ4v) is 3.08. The molecule has 0 aromatic heterocycles. The van der Waals surface area contributed by atoms with Crippen LogP contribution in [0.25, 0.3) is 6.08 Å². The summed E-state index contributed by atoms with van der Waals surface area (Å²) >= 11 is 12.4. The number of benzene rings is 2. The molecule has 29 heavy (non-hydrogen) atoms. The summed E-state index contributed by atoms with van der Waals surface area (Å²) in [6, 6.07) is 10.0. The van der Waals surface area contributed by atoms with Crippen molar-refractivity contribution in [1.29, 1.82) is 0 Å². The summed E-state index contributed by atoms with van der Waals surface area (Å²) in [5.41, 5.74) is 1.12. The Labute approximate surface area is 177 Å². The van der Waals surface area contributed by atoms with Gasteiger partial charge in [0.1, 0.15) is 0 Å². The lowest BCUT2D eigenvalue weighted by Crippen LogP contribution is -2.08. The van der Waals surface area contributed by atoms with Crippen molar-refractivity contribution in [3.8, 4) is 11.5 Å². The summed E-state index contributed by atoms with van der Waals surface area (Å²) < 4.78 is 15.8. The Bertz CT molecular complexity index is 1030. The molecule has 1 aliphatic rings. The number of cyclic esters (lactones) is 1. The predicted molar refractivity (Wildman–Crippen MR) is 111 cm³/mol. The van der Waals surface area contributed by atoms with Gasteiger partial charge >= 0.3 is 11.9 Å². The van der Waals surface area contributed by atoms with Crippen LogP contribution in [0.15, 0.2) is 47.1 Å². The summed E-state index contributed by atoms with van der Waals surface area (Å²) in [6.45, 7) is 1.87. The molecule has 2 aromatic carbocycles. The molecule has 0 N–H and O–H groups in total. The van der Waals surface area contributed by atoms with E-state index in [2.05, 4.69) is 4.99 Å². The summed E-state index contributed by atoms with van der Waals surface area (Å²) in [5.74, 6) is -0.518. The van der Waals surface area contributed by atoms with Gasteiger partial charge in [0, 0.05) is 6.42 Å². The maximum absolute atomic E-state index is 12.2. The number of carbonyl (C=O) groups is 2. The zero-order valence-electron chi connectivity index (χ0n) is 15.7. The number of ether oxygens (including phenoxy) is 3. The molecule has 150 valence electrons. The fraction of sp³-hybridized carbons (Fsp3) is 0.190. The van der Waals surface area contributed by atoms with Gasteiger partial charge in [-0.15, -0.1) is 0 Å². The number of nitrogens with zero attached hydrogens (tertiary/aromatic N) is 1. The number of rotatable bonds is 6. The zero-order valence-corrected chi connectivity index (χ0v) is 17.2. The normalized spacial score (nSPS) is 14.6. The number of aliphatic imine (C=N–C) groups is 1. The van der Waals surface area contributed by atoms with Crippen LogP contribution >= 0.6 is 23.2 Å². The summed E-state index contributed by atoms with van der Waals surface area (Å²) in [5, 5.41) is 0.589. The standard InChI is InChI=1S/C21H17Cl2NO5/c1-3-6-18(25)28-19-15(23)9-12(11-17(19)27-2)10-16-21(26)29-20(24-16)13-7-4-5-8-14(13)22/h4-5,7-11H,3,6H2,1-2H3/b16-10-. The van der Waals surface area contributed by atoms with E-state index in [1.54, 1.807) is 36.4 Å². The molecule has 1 aliphatic heterocycles. The van der Waals surface area contributed by atoms with Gasteiger partial charge in [-0.3, -0.25) is 4.79 Å². The third-order valence-corrected chi connectivity index (χ3v) is 4.56. The first kappa shape index (κ1) is 20.9.